The van der Waals surface area contributed by atoms with Crippen molar-refractivity contribution in [2.75, 3.05) is 0 Å². The lowest BCUT2D eigenvalue weighted by Gasteiger charge is -2.29. The van der Waals surface area contributed by atoms with Crippen molar-refractivity contribution in [3.05, 3.63) is 35.2 Å². The number of hydrogen-bond donors (Lipinski definition) is 2. The number of rotatable bonds is 4. The SMILES string of the molecule is CC(NC(=O)C(C)(N)C(C)C)c1occ2cc(Cl)ccc12. The van der Waals surface area contributed by atoms with Gasteiger partial charge in [0.1, 0.15) is 5.76 Å². The van der Waals surface area contributed by atoms with E-state index in [9.17, 15) is 4.79 Å². The minimum absolute atomic E-state index is 0.0388. The molecule has 0 saturated carbocycles. The average molecular weight is 309 g/mol. The molecule has 1 aromatic carbocycles. The first kappa shape index (κ1) is 15.9. The molecule has 0 aliphatic rings. The third-order valence-corrected chi connectivity index (χ3v) is 4.26. The summed E-state index contributed by atoms with van der Waals surface area (Å²) in [4.78, 5) is 12.3. The summed E-state index contributed by atoms with van der Waals surface area (Å²) in [6.07, 6.45) is 1.64. The van der Waals surface area contributed by atoms with Gasteiger partial charge in [0.15, 0.2) is 0 Å². The van der Waals surface area contributed by atoms with E-state index in [1.165, 1.54) is 0 Å². The van der Waals surface area contributed by atoms with Crippen molar-refractivity contribution in [3.63, 3.8) is 0 Å². The molecule has 5 heteroatoms. The summed E-state index contributed by atoms with van der Waals surface area (Å²) in [6, 6.07) is 5.26. The van der Waals surface area contributed by atoms with Gasteiger partial charge >= 0.3 is 0 Å². The predicted octanol–water partition coefficient (Wildman–Crippen LogP) is 3.64. The molecule has 0 aliphatic heterocycles. The van der Waals surface area contributed by atoms with Crippen molar-refractivity contribution in [1.29, 1.82) is 0 Å². The van der Waals surface area contributed by atoms with Crippen LogP contribution in [0.5, 0.6) is 0 Å². The van der Waals surface area contributed by atoms with Gasteiger partial charge in [0.2, 0.25) is 5.91 Å². The van der Waals surface area contributed by atoms with Crippen LogP contribution in [0, 0.1) is 5.92 Å². The van der Waals surface area contributed by atoms with E-state index < -0.39 is 5.54 Å². The minimum Gasteiger partial charge on any atom is -0.466 e. The lowest BCUT2D eigenvalue weighted by molar-refractivity contribution is -0.128. The highest BCUT2D eigenvalue weighted by Crippen LogP contribution is 2.29. The molecule has 0 aliphatic carbocycles. The largest absolute Gasteiger partial charge is 0.466 e. The summed E-state index contributed by atoms with van der Waals surface area (Å²) in [7, 11) is 0. The second kappa shape index (κ2) is 5.70. The lowest BCUT2D eigenvalue weighted by atomic mass is 9.88. The number of carbonyl (C=O) groups is 1. The van der Waals surface area contributed by atoms with Gasteiger partial charge in [-0.1, -0.05) is 25.4 Å². The number of carbonyl (C=O) groups excluding carboxylic acids is 1. The molecule has 2 atom stereocenters. The summed E-state index contributed by atoms with van der Waals surface area (Å²) >= 11 is 5.96. The number of nitrogens with one attached hydrogen (secondary N) is 1. The summed E-state index contributed by atoms with van der Waals surface area (Å²) in [6.45, 7) is 7.46. The van der Waals surface area contributed by atoms with Crippen LogP contribution in [-0.2, 0) is 4.79 Å². The Balaban J connectivity index is 2.23. The van der Waals surface area contributed by atoms with Crippen LogP contribution in [0.4, 0.5) is 0 Å². The molecular weight excluding hydrogens is 288 g/mol. The molecule has 0 bridgehead atoms. The topological polar surface area (TPSA) is 68.3 Å². The predicted molar refractivity (Wildman–Crippen MR) is 85.2 cm³/mol. The number of fused-ring (bicyclic) bond motifs is 1. The highest BCUT2D eigenvalue weighted by atomic mass is 35.5. The molecule has 1 heterocycles. The summed E-state index contributed by atoms with van der Waals surface area (Å²) in [5, 5.41) is 5.43. The van der Waals surface area contributed by atoms with Gasteiger partial charge in [0.25, 0.3) is 0 Å². The van der Waals surface area contributed by atoms with E-state index in [2.05, 4.69) is 5.32 Å². The fraction of sp³-hybridized carbons (Fsp3) is 0.438. The molecule has 2 rings (SSSR count). The molecule has 0 radical (unpaired) electrons. The first-order chi connectivity index (χ1) is 9.73. The van der Waals surface area contributed by atoms with Gasteiger partial charge in [-0.15, -0.1) is 0 Å². The van der Waals surface area contributed by atoms with E-state index in [0.29, 0.717) is 10.8 Å². The third-order valence-electron chi connectivity index (χ3n) is 4.02. The van der Waals surface area contributed by atoms with E-state index in [0.717, 1.165) is 10.8 Å². The van der Waals surface area contributed by atoms with Gasteiger partial charge in [0, 0.05) is 15.8 Å². The van der Waals surface area contributed by atoms with Crippen LogP contribution in [0.1, 0.15) is 39.5 Å². The van der Waals surface area contributed by atoms with Crippen LogP contribution in [-0.4, -0.2) is 11.4 Å². The maximum Gasteiger partial charge on any atom is 0.240 e. The van der Waals surface area contributed by atoms with Crippen LogP contribution in [0.2, 0.25) is 5.02 Å². The van der Waals surface area contributed by atoms with Crippen LogP contribution >= 0.6 is 11.6 Å². The summed E-state index contributed by atoms with van der Waals surface area (Å²) in [5.74, 6) is 0.551. The van der Waals surface area contributed by atoms with Crippen LogP contribution in [0.3, 0.4) is 0 Å². The van der Waals surface area contributed by atoms with Gasteiger partial charge in [-0.3, -0.25) is 4.79 Å². The molecule has 4 nitrogen and oxygen atoms in total. The summed E-state index contributed by atoms with van der Waals surface area (Å²) < 4.78 is 5.59. The van der Waals surface area contributed by atoms with E-state index in [1.54, 1.807) is 19.3 Å². The molecule has 114 valence electrons. The number of hydrogen-bond acceptors (Lipinski definition) is 3. The number of benzene rings is 1. The molecule has 2 unspecified atom stereocenters. The number of halogens is 1. The number of nitrogens with two attached hydrogens (primary N) is 1. The normalized spacial score (nSPS) is 16.0. The monoisotopic (exact) mass is 308 g/mol. The van der Waals surface area contributed by atoms with E-state index >= 15 is 0 Å². The van der Waals surface area contributed by atoms with Gasteiger partial charge < -0.3 is 15.5 Å². The second-order valence-electron chi connectivity index (χ2n) is 5.96. The zero-order valence-corrected chi connectivity index (χ0v) is 13.5. The molecule has 2 aromatic rings. The standard InChI is InChI=1S/C16H21ClN2O2/c1-9(2)16(4,18)15(20)19-10(3)14-13-6-5-12(17)7-11(13)8-21-14/h5-10H,18H2,1-4H3,(H,19,20). The van der Waals surface area contributed by atoms with Crippen molar-refractivity contribution < 1.29 is 9.21 Å². The fourth-order valence-electron chi connectivity index (χ4n) is 2.06. The molecule has 21 heavy (non-hydrogen) atoms. The zero-order chi connectivity index (χ0) is 15.8. The number of furan rings is 1. The first-order valence-electron chi connectivity index (χ1n) is 7.00. The van der Waals surface area contributed by atoms with Crippen LogP contribution in [0.25, 0.3) is 10.8 Å². The Bertz CT molecular complexity index is 661. The van der Waals surface area contributed by atoms with Gasteiger partial charge in [-0.2, -0.15) is 0 Å². The van der Waals surface area contributed by atoms with Crippen molar-refractivity contribution in [3.8, 4) is 0 Å². The van der Waals surface area contributed by atoms with Crippen LogP contribution < -0.4 is 11.1 Å². The Labute approximate surface area is 129 Å². The van der Waals surface area contributed by atoms with Crippen molar-refractivity contribution in [2.45, 2.75) is 39.3 Å². The Morgan fingerprint density at radius 2 is 2.05 bits per heavy atom. The quantitative estimate of drug-likeness (QED) is 0.906. The maximum atomic E-state index is 12.3. The highest BCUT2D eigenvalue weighted by molar-refractivity contribution is 6.31. The van der Waals surface area contributed by atoms with Crippen molar-refractivity contribution >= 4 is 28.3 Å². The van der Waals surface area contributed by atoms with E-state index in [1.807, 2.05) is 32.9 Å². The Morgan fingerprint density at radius 3 is 2.67 bits per heavy atom. The molecule has 1 amide bonds. The van der Waals surface area contributed by atoms with E-state index in [4.69, 9.17) is 21.8 Å². The first-order valence-corrected chi connectivity index (χ1v) is 7.37. The minimum atomic E-state index is -0.917. The molecule has 0 spiro atoms. The summed E-state index contributed by atoms with van der Waals surface area (Å²) in [5.41, 5.74) is 5.16. The maximum absolute atomic E-state index is 12.3. The van der Waals surface area contributed by atoms with Gasteiger partial charge in [0.05, 0.1) is 17.8 Å². The second-order valence-corrected chi connectivity index (χ2v) is 6.40. The smallest absolute Gasteiger partial charge is 0.240 e. The van der Waals surface area contributed by atoms with Crippen molar-refractivity contribution in [2.24, 2.45) is 11.7 Å². The van der Waals surface area contributed by atoms with Gasteiger partial charge in [-0.25, -0.2) is 0 Å². The Kier molecular flexibility index (Phi) is 4.30. The Morgan fingerprint density at radius 1 is 1.38 bits per heavy atom. The average Bonchev–Trinajstić information content (AvgIpc) is 2.81. The molecular formula is C16H21ClN2O2. The molecule has 0 fully saturated rings. The third kappa shape index (κ3) is 3.06. The molecule has 3 N–H and O–H groups in total. The van der Waals surface area contributed by atoms with Gasteiger partial charge in [-0.05, 0) is 38.0 Å². The number of amides is 1. The fourth-order valence-corrected chi connectivity index (χ4v) is 2.24. The lowest BCUT2D eigenvalue weighted by Crippen LogP contribution is -2.55. The van der Waals surface area contributed by atoms with E-state index in [-0.39, 0.29) is 17.9 Å². The van der Waals surface area contributed by atoms with Crippen LogP contribution in [0.15, 0.2) is 28.9 Å². The molecule has 1 aromatic heterocycles. The molecule has 0 saturated heterocycles. The highest BCUT2D eigenvalue weighted by Gasteiger charge is 2.33. The van der Waals surface area contributed by atoms with Crippen molar-refractivity contribution in [1.82, 2.24) is 5.32 Å². The zero-order valence-electron chi connectivity index (χ0n) is 12.7. The Hall–Kier alpha value is -1.52.